The summed E-state index contributed by atoms with van der Waals surface area (Å²) in [6.45, 7) is 0. The Balaban J connectivity index is 2.05. The van der Waals surface area contributed by atoms with E-state index in [1.54, 1.807) is 0 Å². The first-order valence-corrected chi connectivity index (χ1v) is 7.47. The highest BCUT2D eigenvalue weighted by Gasteiger charge is 2.11. The molecule has 0 amide bonds. The summed E-state index contributed by atoms with van der Waals surface area (Å²) in [5, 5.41) is 5.44. The van der Waals surface area contributed by atoms with Crippen LogP contribution in [0, 0.1) is 0 Å². The lowest BCUT2D eigenvalue weighted by atomic mass is 10.00. The summed E-state index contributed by atoms with van der Waals surface area (Å²) in [4.78, 5) is 1.49. The number of hydrogen-bond donors (Lipinski definition) is 0. The average molecular weight is 250 g/mol. The molecule has 1 aliphatic rings. The van der Waals surface area contributed by atoms with E-state index in [9.17, 15) is 0 Å². The third-order valence-electron chi connectivity index (χ3n) is 3.73. The topological polar surface area (TPSA) is 0 Å². The molecular formula is C17H14S. The van der Waals surface area contributed by atoms with E-state index >= 15 is 0 Å². The summed E-state index contributed by atoms with van der Waals surface area (Å²) in [5.41, 5.74) is 1.54. The lowest BCUT2D eigenvalue weighted by Crippen LogP contribution is -1.98. The summed E-state index contributed by atoms with van der Waals surface area (Å²) >= 11 is 2.01. The van der Waals surface area contributed by atoms with Crippen molar-refractivity contribution >= 4 is 33.3 Å². The maximum Gasteiger partial charge on any atom is 0.0110 e. The molecule has 0 bridgehead atoms. The number of hydrogen-bond acceptors (Lipinski definition) is 1. The van der Waals surface area contributed by atoms with Crippen LogP contribution in [0.25, 0.3) is 21.5 Å². The summed E-state index contributed by atoms with van der Waals surface area (Å²) < 4.78 is 0. The van der Waals surface area contributed by atoms with E-state index in [2.05, 4.69) is 48.5 Å². The molecule has 0 unspecified atom stereocenters. The Morgan fingerprint density at radius 3 is 2.28 bits per heavy atom. The number of aryl methyl sites for hydroxylation is 1. The summed E-state index contributed by atoms with van der Waals surface area (Å²) in [6.07, 6.45) is 2.56. The zero-order chi connectivity index (χ0) is 11.9. The molecule has 0 saturated heterocycles. The van der Waals surface area contributed by atoms with Gasteiger partial charge >= 0.3 is 0 Å². The maximum atomic E-state index is 2.39. The minimum absolute atomic E-state index is 1.24. The van der Waals surface area contributed by atoms with Gasteiger partial charge in [-0.1, -0.05) is 30.3 Å². The van der Waals surface area contributed by atoms with Gasteiger partial charge in [-0.25, -0.2) is 0 Å². The fourth-order valence-corrected chi connectivity index (χ4v) is 3.86. The highest BCUT2D eigenvalue weighted by molar-refractivity contribution is 7.99. The quantitative estimate of drug-likeness (QED) is 0.504. The zero-order valence-electron chi connectivity index (χ0n) is 10.1. The highest BCUT2D eigenvalue weighted by atomic mass is 32.2. The summed E-state index contributed by atoms with van der Waals surface area (Å²) in [6, 6.07) is 18.0. The molecule has 3 aromatic rings. The Hall–Kier alpha value is -1.47. The minimum Gasteiger partial charge on any atom is -0.126 e. The predicted octanol–water partition coefficient (Wildman–Crippen LogP) is 5.03. The summed E-state index contributed by atoms with van der Waals surface area (Å²) in [5.74, 6) is 1.27. The van der Waals surface area contributed by atoms with Crippen LogP contribution >= 0.6 is 11.8 Å². The van der Waals surface area contributed by atoms with Gasteiger partial charge in [0.2, 0.25) is 0 Å². The normalized spacial score (nSPS) is 14.9. The Kier molecular flexibility index (Phi) is 2.34. The van der Waals surface area contributed by atoms with Gasteiger partial charge in [0, 0.05) is 4.90 Å². The first-order valence-electron chi connectivity index (χ1n) is 6.48. The van der Waals surface area contributed by atoms with Crippen LogP contribution in [0.5, 0.6) is 0 Å². The SMILES string of the molecule is c1ccc2cc3cc4c(cc3cc2c1)CCCS4. The molecule has 1 heterocycles. The van der Waals surface area contributed by atoms with Crippen molar-refractivity contribution in [3.05, 3.63) is 54.1 Å². The first kappa shape index (κ1) is 10.5. The van der Waals surface area contributed by atoms with Gasteiger partial charge in [0.05, 0.1) is 0 Å². The molecule has 1 heteroatoms. The van der Waals surface area contributed by atoms with Crippen molar-refractivity contribution in [2.45, 2.75) is 17.7 Å². The average Bonchev–Trinajstić information content (AvgIpc) is 2.42. The lowest BCUT2D eigenvalue weighted by Gasteiger charge is -2.16. The van der Waals surface area contributed by atoms with Crippen molar-refractivity contribution in [2.24, 2.45) is 0 Å². The van der Waals surface area contributed by atoms with Crippen LogP contribution in [0.4, 0.5) is 0 Å². The molecule has 0 atom stereocenters. The number of benzene rings is 3. The molecule has 0 radical (unpaired) electrons. The van der Waals surface area contributed by atoms with Crippen molar-refractivity contribution in [2.75, 3.05) is 5.75 Å². The monoisotopic (exact) mass is 250 g/mol. The fraction of sp³-hybridized carbons (Fsp3) is 0.176. The first-order chi connectivity index (χ1) is 8.90. The minimum atomic E-state index is 1.24. The van der Waals surface area contributed by atoms with Crippen LogP contribution in [0.1, 0.15) is 12.0 Å². The summed E-state index contributed by atoms with van der Waals surface area (Å²) in [7, 11) is 0. The molecule has 3 aromatic carbocycles. The van der Waals surface area contributed by atoms with Crippen LogP contribution in [0.3, 0.4) is 0 Å². The van der Waals surface area contributed by atoms with Crippen LogP contribution in [0.15, 0.2) is 53.4 Å². The van der Waals surface area contributed by atoms with E-state index in [0.29, 0.717) is 0 Å². The van der Waals surface area contributed by atoms with Crippen molar-refractivity contribution in [1.29, 1.82) is 0 Å². The molecular weight excluding hydrogens is 236 g/mol. The second-order valence-electron chi connectivity index (χ2n) is 4.96. The van der Waals surface area contributed by atoms with Crippen molar-refractivity contribution < 1.29 is 0 Å². The number of rotatable bonds is 0. The Morgan fingerprint density at radius 1 is 0.778 bits per heavy atom. The third-order valence-corrected chi connectivity index (χ3v) is 4.92. The molecule has 1 aliphatic heterocycles. The molecule has 0 nitrogen and oxygen atoms in total. The van der Waals surface area contributed by atoms with Gasteiger partial charge < -0.3 is 0 Å². The van der Waals surface area contributed by atoms with E-state index in [-0.39, 0.29) is 0 Å². The van der Waals surface area contributed by atoms with E-state index < -0.39 is 0 Å². The van der Waals surface area contributed by atoms with Gasteiger partial charge in [0.15, 0.2) is 0 Å². The molecule has 0 fully saturated rings. The van der Waals surface area contributed by atoms with Crippen LogP contribution in [-0.2, 0) is 6.42 Å². The Labute approximate surface area is 111 Å². The standard InChI is InChI=1S/C17H14S/c1-2-5-13-9-16-11-17-14(6-3-7-18-17)10-15(16)8-12(13)4-1/h1-2,4-5,8-11H,3,6-7H2. The van der Waals surface area contributed by atoms with Crippen molar-refractivity contribution in [3.8, 4) is 0 Å². The molecule has 0 saturated carbocycles. The third kappa shape index (κ3) is 1.62. The maximum absolute atomic E-state index is 2.39. The smallest absolute Gasteiger partial charge is 0.0110 e. The lowest BCUT2D eigenvalue weighted by molar-refractivity contribution is 0.893. The van der Waals surface area contributed by atoms with Gasteiger partial charge in [0.1, 0.15) is 0 Å². The molecule has 18 heavy (non-hydrogen) atoms. The van der Waals surface area contributed by atoms with Crippen LogP contribution < -0.4 is 0 Å². The Morgan fingerprint density at radius 2 is 1.50 bits per heavy atom. The largest absolute Gasteiger partial charge is 0.126 e. The van der Waals surface area contributed by atoms with Gasteiger partial charge in [0.25, 0.3) is 0 Å². The molecule has 88 valence electrons. The van der Waals surface area contributed by atoms with Gasteiger partial charge in [-0.3, -0.25) is 0 Å². The number of thioether (sulfide) groups is 1. The molecule has 0 aliphatic carbocycles. The van der Waals surface area contributed by atoms with E-state index in [4.69, 9.17) is 0 Å². The van der Waals surface area contributed by atoms with Crippen LogP contribution in [-0.4, -0.2) is 5.75 Å². The van der Waals surface area contributed by atoms with Gasteiger partial charge in [-0.05, 0) is 63.9 Å². The second-order valence-corrected chi connectivity index (χ2v) is 6.10. The van der Waals surface area contributed by atoms with Crippen molar-refractivity contribution in [3.63, 3.8) is 0 Å². The van der Waals surface area contributed by atoms with E-state index in [0.717, 1.165) is 0 Å². The van der Waals surface area contributed by atoms with Gasteiger partial charge in [-0.2, -0.15) is 0 Å². The highest BCUT2D eigenvalue weighted by Crippen LogP contribution is 2.34. The van der Waals surface area contributed by atoms with E-state index in [1.165, 1.54) is 50.6 Å². The fourth-order valence-electron chi connectivity index (χ4n) is 2.79. The second kappa shape index (κ2) is 4.03. The zero-order valence-corrected chi connectivity index (χ0v) is 11.0. The Bertz CT molecular complexity index is 679. The van der Waals surface area contributed by atoms with Crippen molar-refractivity contribution in [1.82, 2.24) is 0 Å². The van der Waals surface area contributed by atoms with E-state index in [1.807, 2.05) is 11.8 Å². The number of fused-ring (bicyclic) bond motifs is 3. The molecule has 0 aromatic heterocycles. The van der Waals surface area contributed by atoms with Crippen LogP contribution in [0.2, 0.25) is 0 Å². The molecule has 4 rings (SSSR count). The molecule has 0 spiro atoms. The van der Waals surface area contributed by atoms with Gasteiger partial charge in [-0.15, -0.1) is 11.8 Å². The predicted molar refractivity (Wildman–Crippen MR) is 80.5 cm³/mol. The molecule has 0 N–H and O–H groups in total.